The molecule has 1 aliphatic heterocycles. The van der Waals surface area contributed by atoms with Crippen LogP contribution < -0.4 is 21.3 Å². The fourth-order valence-electron chi connectivity index (χ4n) is 2.10. The van der Waals surface area contributed by atoms with E-state index in [0.717, 1.165) is 24.5 Å². The van der Waals surface area contributed by atoms with Crippen LogP contribution in [0, 0.1) is 5.92 Å². The van der Waals surface area contributed by atoms with E-state index in [2.05, 4.69) is 21.3 Å². The Bertz CT molecular complexity index is 528. The van der Waals surface area contributed by atoms with Crippen molar-refractivity contribution in [3.05, 3.63) is 23.8 Å². The minimum Gasteiger partial charge on any atom is -0.382 e. The number of carbonyl (C=O) groups excluding carboxylic acids is 2. The molecule has 0 saturated carbocycles. The van der Waals surface area contributed by atoms with Crippen LogP contribution in [0.4, 0.5) is 11.4 Å². The number of amides is 2. The molecule has 0 fully saturated rings. The first-order chi connectivity index (χ1) is 10.1. The third kappa shape index (κ3) is 4.11. The number of para-hydroxylation sites is 1. The number of fused-ring (bicyclic) bond motifs is 1. The van der Waals surface area contributed by atoms with Gasteiger partial charge < -0.3 is 21.3 Å². The lowest BCUT2D eigenvalue weighted by atomic mass is 10.1. The topological polar surface area (TPSA) is 82.3 Å². The molecule has 21 heavy (non-hydrogen) atoms. The monoisotopic (exact) mass is 290 g/mol. The molecule has 0 aliphatic carbocycles. The van der Waals surface area contributed by atoms with Gasteiger partial charge in [0, 0.05) is 19.6 Å². The van der Waals surface area contributed by atoms with E-state index in [1.54, 1.807) is 6.07 Å². The predicted molar refractivity (Wildman–Crippen MR) is 83.6 cm³/mol. The summed E-state index contributed by atoms with van der Waals surface area (Å²) in [6.45, 7) is 6.24. The number of nitrogens with one attached hydrogen (secondary N) is 4. The van der Waals surface area contributed by atoms with Crippen molar-refractivity contribution in [1.29, 1.82) is 0 Å². The van der Waals surface area contributed by atoms with Gasteiger partial charge in [-0.2, -0.15) is 0 Å². The summed E-state index contributed by atoms with van der Waals surface area (Å²) in [5, 5.41) is 11.9. The summed E-state index contributed by atoms with van der Waals surface area (Å²) in [6.07, 6.45) is 0. The number of hydrogen-bond donors (Lipinski definition) is 4. The Hall–Kier alpha value is -2.24. The molecule has 114 valence electrons. The van der Waals surface area contributed by atoms with E-state index < -0.39 is 0 Å². The van der Waals surface area contributed by atoms with Crippen LogP contribution in [0.5, 0.6) is 0 Å². The van der Waals surface area contributed by atoms with Gasteiger partial charge >= 0.3 is 0 Å². The average Bonchev–Trinajstić information content (AvgIpc) is 2.50. The van der Waals surface area contributed by atoms with Crippen LogP contribution in [0.25, 0.3) is 0 Å². The highest BCUT2D eigenvalue weighted by Crippen LogP contribution is 2.28. The highest BCUT2D eigenvalue weighted by Gasteiger charge is 2.17. The molecule has 0 radical (unpaired) electrons. The van der Waals surface area contributed by atoms with Gasteiger partial charge in [-0.15, -0.1) is 0 Å². The molecule has 4 N–H and O–H groups in total. The second-order valence-electron chi connectivity index (χ2n) is 5.46. The predicted octanol–water partition coefficient (Wildman–Crippen LogP) is 1.03. The number of benzene rings is 1. The van der Waals surface area contributed by atoms with Gasteiger partial charge in [-0.05, 0) is 18.1 Å². The van der Waals surface area contributed by atoms with Crippen molar-refractivity contribution in [2.45, 2.75) is 13.8 Å². The number of hydrogen-bond acceptors (Lipinski definition) is 4. The average molecular weight is 290 g/mol. The maximum absolute atomic E-state index is 12.2. The molecule has 6 nitrogen and oxygen atoms in total. The second kappa shape index (κ2) is 6.97. The van der Waals surface area contributed by atoms with Crippen molar-refractivity contribution in [1.82, 2.24) is 10.6 Å². The second-order valence-corrected chi connectivity index (χ2v) is 5.46. The van der Waals surface area contributed by atoms with E-state index in [9.17, 15) is 9.59 Å². The maximum atomic E-state index is 12.2. The summed E-state index contributed by atoms with van der Waals surface area (Å²) < 4.78 is 0. The van der Waals surface area contributed by atoms with E-state index in [1.807, 2.05) is 26.0 Å². The molecule has 0 saturated heterocycles. The lowest BCUT2D eigenvalue weighted by Crippen LogP contribution is -2.38. The van der Waals surface area contributed by atoms with Gasteiger partial charge in [0.1, 0.15) is 0 Å². The number of carbonyl (C=O) groups is 2. The van der Waals surface area contributed by atoms with Crippen molar-refractivity contribution < 1.29 is 9.59 Å². The van der Waals surface area contributed by atoms with Crippen molar-refractivity contribution in [3.63, 3.8) is 0 Å². The molecule has 1 aliphatic rings. The zero-order valence-electron chi connectivity index (χ0n) is 12.5. The molecule has 2 rings (SSSR count). The number of anilines is 2. The van der Waals surface area contributed by atoms with Gasteiger partial charge in [-0.3, -0.25) is 9.59 Å². The molecule has 0 unspecified atom stereocenters. The normalized spacial score (nSPS) is 12.9. The van der Waals surface area contributed by atoms with Crippen LogP contribution in [0.3, 0.4) is 0 Å². The van der Waals surface area contributed by atoms with E-state index >= 15 is 0 Å². The van der Waals surface area contributed by atoms with Crippen LogP contribution in [-0.4, -0.2) is 38.0 Å². The molecule has 6 heteroatoms. The third-order valence-electron chi connectivity index (χ3n) is 3.17. The van der Waals surface area contributed by atoms with Crippen molar-refractivity contribution in [2.24, 2.45) is 5.92 Å². The van der Waals surface area contributed by atoms with Crippen molar-refractivity contribution >= 4 is 23.2 Å². The summed E-state index contributed by atoms with van der Waals surface area (Å²) in [6, 6.07) is 5.50. The Morgan fingerprint density at radius 3 is 2.71 bits per heavy atom. The largest absolute Gasteiger partial charge is 0.382 e. The lowest BCUT2D eigenvalue weighted by Gasteiger charge is -2.22. The summed E-state index contributed by atoms with van der Waals surface area (Å²) in [5.74, 6) is -0.0308. The van der Waals surface area contributed by atoms with E-state index in [1.165, 1.54) is 0 Å². The summed E-state index contributed by atoms with van der Waals surface area (Å²) in [4.78, 5) is 23.8. The molecule has 0 atom stereocenters. The standard InChI is InChI=1S/C15H22N4O2/c1-10(2)8-18-13(20)9-19-15(21)11-4-3-5-12-14(11)17-7-6-16-12/h3-5,10,16-17H,6-9H2,1-2H3,(H,18,20)(H,19,21). The van der Waals surface area contributed by atoms with Gasteiger partial charge in [0.05, 0.1) is 23.5 Å². The Labute approximate surface area is 124 Å². The van der Waals surface area contributed by atoms with Crippen LogP contribution >= 0.6 is 0 Å². The zero-order chi connectivity index (χ0) is 15.2. The summed E-state index contributed by atoms with van der Waals surface area (Å²) in [5.41, 5.74) is 2.26. The van der Waals surface area contributed by atoms with E-state index in [4.69, 9.17) is 0 Å². The fourth-order valence-corrected chi connectivity index (χ4v) is 2.10. The van der Waals surface area contributed by atoms with Gasteiger partial charge in [0.25, 0.3) is 5.91 Å². The van der Waals surface area contributed by atoms with Gasteiger partial charge in [0.15, 0.2) is 0 Å². The first-order valence-corrected chi connectivity index (χ1v) is 7.23. The summed E-state index contributed by atoms with van der Waals surface area (Å²) in [7, 11) is 0. The van der Waals surface area contributed by atoms with Crippen LogP contribution in [0.1, 0.15) is 24.2 Å². The Morgan fingerprint density at radius 1 is 1.19 bits per heavy atom. The minimum atomic E-state index is -0.247. The molecule has 0 bridgehead atoms. The smallest absolute Gasteiger partial charge is 0.253 e. The SMILES string of the molecule is CC(C)CNC(=O)CNC(=O)c1cccc2c1NCCN2. The van der Waals surface area contributed by atoms with Gasteiger partial charge in [0.2, 0.25) is 5.91 Å². The molecular weight excluding hydrogens is 268 g/mol. The molecule has 1 heterocycles. The Morgan fingerprint density at radius 2 is 1.95 bits per heavy atom. The molecule has 1 aromatic rings. The van der Waals surface area contributed by atoms with E-state index in [-0.39, 0.29) is 18.4 Å². The Balaban J connectivity index is 1.93. The van der Waals surface area contributed by atoms with Gasteiger partial charge in [-0.1, -0.05) is 19.9 Å². The first-order valence-electron chi connectivity index (χ1n) is 7.23. The molecule has 0 spiro atoms. The van der Waals surface area contributed by atoms with Crippen molar-refractivity contribution in [3.8, 4) is 0 Å². The summed E-state index contributed by atoms with van der Waals surface area (Å²) >= 11 is 0. The van der Waals surface area contributed by atoms with Crippen LogP contribution in [0.15, 0.2) is 18.2 Å². The highest BCUT2D eigenvalue weighted by atomic mass is 16.2. The number of rotatable bonds is 5. The zero-order valence-corrected chi connectivity index (χ0v) is 12.5. The maximum Gasteiger partial charge on any atom is 0.253 e. The highest BCUT2D eigenvalue weighted by molar-refractivity contribution is 6.03. The van der Waals surface area contributed by atoms with Crippen LogP contribution in [-0.2, 0) is 4.79 Å². The fraction of sp³-hybridized carbons (Fsp3) is 0.467. The molecule has 1 aromatic carbocycles. The first kappa shape index (κ1) is 15.2. The molecular formula is C15H22N4O2. The van der Waals surface area contributed by atoms with Crippen LogP contribution in [0.2, 0.25) is 0 Å². The Kier molecular flexibility index (Phi) is 5.03. The molecule has 0 aromatic heterocycles. The van der Waals surface area contributed by atoms with E-state index in [0.29, 0.717) is 18.0 Å². The quantitative estimate of drug-likeness (QED) is 0.653. The van der Waals surface area contributed by atoms with Crippen molar-refractivity contribution in [2.75, 3.05) is 36.8 Å². The molecule has 2 amide bonds. The lowest BCUT2D eigenvalue weighted by molar-refractivity contribution is -0.120. The third-order valence-corrected chi connectivity index (χ3v) is 3.17. The minimum absolute atomic E-state index is 0.0113. The van der Waals surface area contributed by atoms with Gasteiger partial charge in [-0.25, -0.2) is 0 Å².